The quantitative estimate of drug-likeness (QED) is 0.0494. The van der Waals surface area contributed by atoms with Gasteiger partial charge in [-0.25, -0.2) is 0 Å². The normalized spacial score (nSPS) is 56.6. The van der Waals surface area contributed by atoms with Crippen LogP contribution in [0, 0.1) is 56.2 Å². The van der Waals surface area contributed by atoms with Crippen LogP contribution in [0.2, 0.25) is 0 Å². The molecule has 4 unspecified atom stereocenters. The number of ether oxygens (including phenoxy) is 10. The first-order valence-corrected chi connectivity index (χ1v) is 31.0. The predicted molar refractivity (Wildman–Crippen MR) is 293 cm³/mol. The largest absolute Gasteiger partial charge is 0.432 e. The zero-order valence-electron chi connectivity index (χ0n) is 50.5. The summed E-state index contributed by atoms with van der Waals surface area (Å²) in [7, 11) is 0. The molecule has 0 bridgehead atoms. The first-order chi connectivity index (χ1) is 40.3. The fourth-order valence-corrected chi connectivity index (χ4v) is 19.0. The van der Waals surface area contributed by atoms with Gasteiger partial charge in [0.05, 0.1) is 50.2 Å². The molecule has 86 heavy (non-hydrogen) atoms. The first-order valence-electron chi connectivity index (χ1n) is 31.0. The van der Waals surface area contributed by atoms with Gasteiger partial charge in [-0.1, -0.05) is 46.8 Å². The number of hydrogen-bond donors (Lipinski definition) is 15. The SMILES string of the molecule is C=C(C)C1CCC2(C(=O)O[C@@H]3OC(CO[C@@H]4O[C@H](CO)[C@@H](O[C@@H]5O[C@@H](C)[C@H](O)[C@@H](O)[C@H]5O)[C@H](O)[C@H]4O)[C@@H](O)[C@H](O)[C@H]3O)CC[C@@]3(C)[C@]4(C)CC[C@H]5[C@](C)(CO)[C@@H](OC6OC[C@H](O)[C@H](O)[C@H]6O[C@@H]6O[C@@H](C)[C@H](O)[C@@H](O)[C@H]6O)CC[C@]5(C)[C@H]4CC[C@]3(C)[C@@H]12. The minimum atomic E-state index is -1.91. The van der Waals surface area contributed by atoms with E-state index in [0.717, 1.165) is 31.3 Å². The lowest BCUT2D eigenvalue weighted by Gasteiger charge is -2.76. The van der Waals surface area contributed by atoms with Crippen molar-refractivity contribution in [2.45, 2.75) is 273 Å². The molecular weight excluding hydrogens is 1140 g/mol. The Kier molecular flexibility index (Phi) is 19.2. The maximum absolute atomic E-state index is 15.4. The lowest BCUT2D eigenvalue weighted by molar-refractivity contribution is -0.366. The zero-order valence-corrected chi connectivity index (χ0v) is 50.5. The van der Waals surface area contributed by atoms with Gasteiger partial charge in [0.2, 0.25) is 6.29 Å². The molecule has 5 saturated carbocycles. The van der Waals surface area contributed by atoms with Crippen LogP contribution in [0.1, 0.15) is 120 Å². The van der Waals surface area contributed by atoms with E-state index in [0.29, 0.717) is 38.5 Å². The van der Waals surface area contributed by atoms with E-state index >= 15 is 4.79 Å². The molecule has 0 amide bonds. The van der Waals surface area contributed by atoms with E-state index in [1.54, 1.807) is 0 Å². The van der Waals surface area contributed by atoms with Gasteiger partial charge in [-0.05, 0) is 130 Å². The molecule has 0 aromatic heterocycles. The fourth-order valence-electron chi connectivity index (χ4n) is 19.0. The average molecular weight is 1240 g/mol. The van der Waals surface area contributed by atoms with Crippen molar-refractivity contribution in [1.29, 1.82) is 0 Å². The van der Waals surface area contributed by atoms with Crippen LogP contribution in [-0.4, -0.2) is 263 Å². The molecule has 10 rings (SSSR count). The van der Waals surface area contributed by atoms with Crippen molar-refractivity contribution >= 4 is 5.97 Å². The third kappa shape index (κ3) is 10.6. The van der Waals surface area contributed by atoms with Gasteiger partial charge in [0, 0.05) is 5.41 Å². The van der Waals surface area contributed by atoms with Gasteiger partial charge in [0.1, 0.15) is 104 Å². The van der Waals surface area contributed by atoms with Crippen molar-refractivity contribution in [1.82, 2.24) is 0 Å². The van der Waals surface area contributed by atoms with Gasteiger partial charge in [-0.3, -0.25) is 4.79 Å². The van der Waals surface area contributed by atoms with E-state index in [1.807, 2.05) is 13.8 Å². The fraction of sp³-hybridized carbons (Fsp3) is 0.950. The van der Waals surface area contributed by atoms with Crippen LogP contribution in [-0.2, 0) is 52.2 Å². The van der Waals surface area contributed by atoms with Crippen LogP contribution < -0.4 is 0 Å². The highest BCUT2D eigenvalue weighted by molar-refractivity contribution is 5.79. The van der Waals surface area contributed by atoms with Crippen LogP contribution in [0.3, 0.4) is 0 Å². The van der Waals surface area contributed by atoms with Gasteiger partial charge >= 0.3 is 5.97 Å². The van der Waals surface area contributed by atoms with E-state index in [9.17, 15) is 76.6 Å². The number of aliphatic hydroxyl groups is 15. The van der Waals surface area contributed by atoms with Crippen LogP contribution in [0.5, 0.6) is 0 Å². The van der Waals surface area contributed by atoms with Gasteiger partial charge in [-0.15, -0.1) is 0 Å². The minimum Gasteiger partial charge on any atom is -0.432 e. The first kappa shape index (κ1) is 67.1. The second kappa shape index (κ2) is 24.6. The number of rotatable bonds is 14. The summed E-state index contributed by atoms with van der Waals surface area (Å²) in [5.41, 5.74) is -2.45. The summed E-state index contributed by atoms with van der Waals surface area (Å²) in [5.74, 6) is -0.904. The third-order valence-electron chi connectivity index (χ3n) is 24.4. The van der Waals surface area contributed by atoms with Crippen molar-refractivity contribution in [3.8, 4) is 0 Å². The number of fused-ring (bicyclic) bond motifs is 7. The summed E-state index contributed by atoms with van der Waals surface area (Å²) in [6.07, 6.45) is -31.8. The number of carbonyl (C=O) groups excluding carboxylic acids is 1. The Hall–Kier alpha value is -1.75. The van der Waals surface area contributed by atoms with Crippen LogP contribution in [0.25, 0.3) is 0 Å². The van der Waals surface area contributed by atoms with Crippen molar-refractivity contribution < 1.29 is 129 Å². The molecule has 10 aliphatic rings. The van der Waals surface area contributed by atoms with E-state index in [2.05, 4.69) is 34.3 Å². The number of esters is 1. The summed E-state index contributed by atoms with van der Waals surface area (Å²) in [5, 5.41) is 163. The lowest BCUT2D eigenvalue weighted by atomic mass is 9.29. The zero-order chi connectivity index (χ0) is 62.9. The highest BCUT2D eigenvalue weighted by Crippen LogP contribution is 2.81. The van der Waals surface area contributed by atoms with Crippen LogP contribution in [0.15, 0.2) is 12.2 Å². The van der Waals surface area contributed by atoms with Gasteiger partial charge < -0.3 is 124 Å². The van der Waals surface area contributed by atoms with Gasteiger partial charge in [-0.2, -0.15) is 0 Å². The predicted octanol–water partition coefficient (Wildman–Crippen LogP) is -2.30. The molecule has 494 valence electrons. The molecule has 35 atom stereocenters. The molecular formula is C60H98O26. The van der Waals surface area contributed by atoms with E-state index < -0.39 is 189 Å². The van der Waals surface area contributed by atoms with E-state index in [1.165, 1.54) is 13.8 Å². The maximum Gasteiger partial charge on any atom is 0.314 e. The van der Waals surface area contributed by atoms with Crippen molar-refractivity contribution in [3.05, 3.63) is 12.2 Å². The summed E-state index contributed by atoms with van der Waals surface area (Å²) in [6, 6.07) is 0. The molecule has 5 heterocycles. The Balaban J connectivity index is 0.833. The average Bonchev–Trinajstić information content (AvgIpc) is 1.03. The molecule has 0 radical (unpaired) electrons. The Labute approximate surface area is 501 Å². The molecule has 10 fully saturated rings. The molecule has 5 saturated heterocycles. The summed E-state index contributed by atoms with van der Waals surface area (Å²) >= 11 is 0. The lowest BCUT2D eigenvalue weighted by Crippen LogP contribution is -2.71. The molecule has 0 aromatic carbocycles. The maximum atomic E-state index is 15.4. The van der Waals surface area contributed by atoms with E-state index in [4.69, 9.17) is 47.4 Å². The van der Waals surface area contributed by atoms with Gasteiger partial charge in [0.25, 0.3) is 0 Å². The number of aliphatic hydroxyl groups excluding tert-OH is 15. The smallest absolute Gasteiger partial charge is 0.314 e. The monoisotopic (exact) mass is 1230 g/mol. The highest BCUT2D eigenvalue weighted by Gasteiger charge is 2.77. The van der Waals surface area contributed by atoms with Crippen molar-refractivity contribution in [2.24, 2.45) is 56.2 Å². The second-order valence-corrected chi connectivity index (χ2v) is 28.6. The third-order valence-corrected chi connectivity index (χ3v) is 24.4. The second-order valence-electron chi connectivity index (χ2n) is 28.6. The van der Waals surface area contributed by atoms with Crippen LogP contribution in [0.4, 0.5) is 0 Å². The standard InChI is InChI=1S/C60H98O26/c1-24(2)27-10-17-60(54(76)86-52-44(74)40(70)37(67)30(82-52)22-78-49-45(75)41(71)46(29(20-61)81-49)84-50-42(72)38(68)34(64)25(3)79-50)19-18-59(9)57(7)15-11-31-55(5,32(57)12-16-58(59,8)48(27)60)14-13-33(56(31,6)23-62)83-53-47(36(66)28(63)21-77-53)85-51-43(73)39(69)35(65)26(4)80-51/h25-53,61-75H,1,10-23H2,2-9H3/t25-,26-,27?,28-,29+,30?,31+,32+,33-,34-,35-,36-,37+,38+,39+,40-,41+,42+,43+,44+,45+,46+,47+,48+,49+,50-,51-,52-,53?,55-,56-,57+,58+,59-,60?/m0/s1. The molecule has 15 N–H and O–H groups in total. The Morgan fingerprint density at radius 3 is 1.70 bits per heavy atom. The summed E-state index contributed by atoms with van der Waals surface area (Å²) < 4.78 is 59.6. The number of carbonyl (C=O) groups is 1. The van der Waals surface area contributed by atoms with Crippen LogP contribution >= 0.6 is 0 Å². The molecule has 0 aromatic rings. The number of allylic oxidation sites excluding steroid dienone is 1. The van der Waals surface area contributed by atoms with Crippen molar-refractivity contribution in [3.63, 3.8) is 0 Å². The summed E-state index contributed by atoms with van der Waals surface area (Å²) in [4.78, 5) is 15.4. The Morgan fingerprint density at radius 1 is 0.535 bits per heavy atom. The van der Waals surface area contributed by atoms with Crippen molar-refractivity contribution in [2.75, 3.05) is 26.4 Å². The molecule has 5 aliphatic carbocycles. The molecule has 5 aliphatic heterocycles. The Morgan fingerprint density at radius 2 is 1.09 bits per heavy atom. The molecule has 0 spiro atoms. The van der Waals surface area contributed by atoms with E-state index in [-0.39, 0.29) is 53.1 Å². The molecule has 26 heteroatoms. The topological polar surface area (TPSA) is 413 Å². The minimum absolute atomic E-state index is 0.0619. The van der Waals surface area contributed by atoms with Gasteiger partial charge in [0.15, 0.2) is 25.2 Å². The number of hydrogen-bond acceptors (Lipinski definition) is 26. The summed E-state index contributed by atoms with van der Waals surface area (Å²) in [6.45, 7) is 18.8. The Bertz CT molecular complexity index is 2390. The highest BCUT2D eigenvalue weighted by atomic mass is 16.8. The molecule has 26 nitrogen and oxygen atoms in total.